The van der Waals surface area contributed by atoms with Crippen LogP contribution in [0.5, 0.6) is 0 Å². The van der Waals surface area contributed by atoms with Crippen molar-refractivity contribution in [3.8, 4) is 0 Å². The van der Waals surface area contributed by atoms with Gasteiger partial charge in [-0.3, -0.25) is 4.79 Å². The second kappa shape index (κ2) is 2.29. The Hall–Kier alpha value is -0.670. The van der Waals surface area contributed by atoms with Crippen molar-refractivity contribution in [3.05, 3.63) is 17.5 Å². The minimum atomic E-state index is -0.0949. The minimum absolute atomic E-state index is 0.0575. The van der Waals surface area contributed by atoms with Gasteiger partial charge in [-0.15, -0.1) is 0 Å². The summed E-state index contributed by atoms with van der Waals surface area (Å²) in [5.74, 6) is 0.0575. The van der Waals surface area contributed by atoms with Crippen LogP contribution in [0.1, 0.15) is 13.3 Å². The van der Waals surface area contributed by atoms with Gasteiger partial charge in [-0.05, 0) is 6.92 Å². The molecule has 0 aromatic carbocycles. The van der Waals surface area contributed by atoms with Crippen LogP contribution in [0, 0.1) is 5.21 Å². The van der Waals surface area contributed by atoms with Gasteiger partial charge in [0.05, 0.1) is 18.7 Å². The second-order valence-corrected chi connectivity index (χ2v) is 2.31. The second-order valence-electron chi connectivity index (χ2n) is 2.31. The lowest BCUT2D eigenvalue weighted by Gasteiger charge is -2.26. The molecule has 0 saturated heterocycles. The summed E-state index contributed by atoms with van der Waals surface area (Å²) in [5.41, 5.74) is 0. The predicted molar refractivity (Wildman–Crippen MR) is 32.6 cm³/mol. The van der Waals surface area contributed by atoms with E-state index in [1.54, 1.807) is 6.92 Å². The first kappa shape index (κ1) is 6.45. The van der Waals surface area contributed by atoms with Crippen LogP contribution in [0.15, 0.2) is 12.3 Å². The van der Waals surface area contributed by atoms with E-state index in [1.807, 2.05) is 0 Å². The first-order valence-corrected chi connectivity index (χ1v) is 2.95. The number of allylic oxidation sites excluding steroid dienone is 1. The molecule has 50 valence electrons. The summed E-state index contributed by atoms with van der Waals surface area (Å²) in [6, 6.07) is -0.0949. The molecule has 0 spiro atoms. The molecule has 2 atom stereocenters. The topological polar surface area (TPSA) is 44.6 Å². The van der Waals surface area contributed by atoms with Crippen LogP contribution in [0.2, 0.25) is 0 Å². The summed E-state index contributed by atoms with van der Waals surface area (Å²) in [6.45, 7) is 1.77. The fourth-order valence-electron chi connectivity index (χ4n) is 0.810. The first-order chi connectivity index (χ1) is 4.20. The Morgan fingerprint density at radius 1 is 1.89 bits per heavy atom. The Labute approximate surface area is 53.5 Å². The van der Waals surface area contributed by atoms with Crippen molar-refractivity contribution in [3.63, 3.8) is 0 Å². The highest BCUT2D eigenvalue weighted by atomic mass is 16.5. The van der Waals surface area contributed by atoms with E-state index in [2.05, 4.69) is 0 Å². The lowest BCUT2D eigenvalue weighted by molar-refractivity contribution is -0.819. The summed E-state index contributed by atoms with van der Waals surface area (Å²) >= 11 is 0. The van der Waals surface area contributed by atoms with E-state index in [0.29, 0.717) is 6.42 Å². The molecule has 3 heteroatoms. The number of carbonyl (C=O) groups excluding carboxylic acids is 1. The maximum absolute atomic E-state index is 10.7. The zero-order valence-electron chi connectivity index (χ0n) is 5.26. The number of hydroxylamine groups is 2. The van der Waals surface area contributed by atoms with Crippen molar-refractivity contribution in [1.82, 2.24) is 0 Å². The molecule has 0 bridgehead atoms. The van der Waals surface area contributed by atoms with Crippen LogP contribution in [-0.4, -0.2) is 11.8 Å². The summed E-state index contributed by atoms with van der Waals surface area (Å²) < 4.78 is 0. The smallest absolute Gasteiger partial charge is 0.166 e. The normalized spacial score (nSPS) is 35.1. The quantitative estimate of drug-likeness (QED) is 0.435. The van der Waals surface area contributed by atoms with Crippen molar-refractivity contribution < 1.29 is 9.86 Å². The first-order valence-electron chi connectivity index (χ1n) is 2.95. The molecule has 0 fully saturated rings. The number of ketones is 1. The largest absolute Gasteiger partial charge is 0.629 e. The highest BCUT2D eigenvalue weighted by Crippen LogP contribution is 1.93. The molecule has 3 nitrogen and oxygen atoms in total. The molecule has 1 aliphatic rings. The zero-order chi connectivity index (χ0) is 6.85. The highest BCUT2D eigenvalue weighted by molar-refractivity contribution is 5.90. The van der Waals surface area contributed by atoms with Gasteiger partial charge in [0.15, 0.2) is 5.78 Å². The van der Waals surface area contributed by atoms with Gasteiger partial charge in [0.1, 0.15) is 0 Å². The lowest BCUT2D eigenvalue weighted by atomic mass is 10.1. The molecule has 0 aromatic heterocycles. The minimum Gasteiger partial charge on any atom is -0.629 e. The van der Waals surface area contributed by atoms with E-state index < -0.39 is 0 Å². The van der Waals surface area contributed by atoms with Crippen LogP contribution in [-0.2, 0) is 4.79 Å². The van der Waals surface area contributed by atoms with Gasteiger partial charge in [-0.2, -0.15) is 0 Å². The molecular formula is C6H9NO2. The van der Waals surface area contributed by atoms with Gasteiger partial charge < -0.3 is 10.3 Å². The molecule has 1 aliphatic heterocycles. The van der Waals surface area contributed by atoms with Crippen LogP contribution < -0.4 is 5.06 Å². The maximum atomic E-state index is 10.7. The summed E-state index contributed by atoms with van der Waals surface area (Å²) in [5, 5.41) is 10.8. The Balaban J connectivity index is 2.65. The number of nitrogens with one attached hydrogen (secondary N) is 1. The van der Waals surface area contributed by atoms with Gasteiger partial charge in [-0.25, -0.2) is 0 Å². The van der Waals surface area contributed by atoms with E-state index in [-0.39, 0.29) is 16.9 Å². The van der Waals surface area contributed by atoms with Gasteiger partial charge >= 0.3 is 0 Å². The fourth-order valence-corrected chi connectivity index (χ4v) is 0.810. The number of hydrogen-bond donors (Lipinski definition) is 1. The van der Waals surface area contributed by atoms with Gasteiger partial charge in [0, 0.05) is 6.08 Å². The molecule has 1 unspecified atom stereocenters. The van der Waals surface area contributed by atoms with Gasteiger partial charge in [0.25, 0.3) is 0 Å². The van der Waals surface area contributed by atoms with Crippen LogP contribution in [0.25, 0.3) is 0 Å². The third kappa shape index (κ3) is 1.37. The Kier molecular flexibility index (Phi) is 1.64. The summed E-state index contributed by atoms with van der Waals surface area (Å²) in [4.78, 5) is 10.6. The SMILES string of the molecule is C[C@H]1CC(=O)C=C[NH+]1[O-]. The Bertz CT molecular complexity index is 153. The average Bonchev–Trinajstić information content (AvgIpc) is 1.80. The van der Waals surface area contributed by atoms with Crippen LogP contribution >= 0.6 is 0 Å². The molecule has 0 amide bonds. The van der Waals surface area contributed by atoms with E-state index in [4.69, 9.17) is 0 Å². The fraction of sp³-hybridized carbons (Fsp3) is 0.500. The zero-order valence-corrected chi connectivity index (χ0v) is 5.26. The molecule has 0 radical (unpaired) electrons. The summed E-state index contributed by atoms with van der Waals surface area (Å²) in [6.07, 6.45) is 3.09. The molecule has 0 saturated carbocycles. The molecule has 1 heterocycles. The number of hydrogen-bond acceptors (Lipinski definition) is 2. The summed E-state index contributed by atoms with van der Waals surface area (Å²) in [7, 11) is 0. The number of rotatable bonds is 0. The van der Waals surface area contributed by atoms with Gasteiger partial charge in [-0.1, -0.05) is 0 Å². The Morgan fingerprint density at radius 3 is 3.00 bits per heavy atom. The molecular weight excluding hydrogens is 118 g/mol. The molecule has 1 N–H and O–H groups in total. The lowest BCUT2D eigenvalue weighted by Crippen LogP contribution is -3.07. The molecule has 0 aliphatic carbocycles. The van der Waals surface area contributed by atoms with E-state index >= 15 is 0 Å². The average molecular weight is 127 g/mol. The van der Waals surface area contributed by atoms with Crippen LogP contribution in [0.3, 0.4) is 0 Å². The number of quaternary nitrogens is 1. The predicted octanol–water partition coefficient (Wildman–Crippen LogP) is -0.756. The maximum Gasteiger partial charge on any atom is 0.166 e. The van der Waals surface area contributed by atoms with Gasteiger partial charge in [0.2, 0.25) is 0 Å². The van der Waals surface area contributed by atoms with E-state index in [0.717, 1.165) is 0 Å². The van der Waals surface area contributed by atoms with Crippen LogP contribution in [0.4, 0.5) is 0 Å². The Morgan fingerprint density at radius 2 is 2.56 bits per heavy atom. The van der Waals surface area contributed by atoms with Crippen molar-refractivity contribution in [2.45, 2.75) is 19.4 Å². The molecule has 0 aromatic rings. The molecule has 1 rings (SSSR count). The van der Waals surface area contributed by atoms with Crippen molar-refractivity contribution >= 4 is 5.78 Å². The van der Waals surface area contributed by atoms with E-state index in [1.165, 1.54) is 12.3 Å². The van der Waals surface area contributed by atoms with Crippen molar-refractivity contribution in [2.75, 3.05) is 0 Å². The number of carbonyl (C=O) groups is 1. The third-order valence-electron chi connectivity index (χ3n) is 1.43. The van der Waals surface area contributed by atoms with E-state index in [9.17, 15) is 10.0 Å². The monoisotopic (exact) mass is 127 g/mol. The molecule has 9 heavy (non-hydrogen) atoms. The highest BCUT2D eigenvalue weighted by Gasteiger charge is 2.15. The standard InChI is InChI=1S/C6H9NO2/c1-5-4-6(8)2-3-7(5)9/h2-3,5,7H,4H2,1H3/t5-/m0/s1. The third-order valence-corrected chi connectivity index (χ3v) is 1.43. The van der Waals surface area contributed by atoms with Crippen molar-refractivity contribution in [1.29, 1.82) is 0 Å². The van der Waals surface area contributed by atoms with Crippen molar-refractivity contribution in [2.24, 2.45) is 0 Å².